The van der Waals surface area contributed by atoms with Crippen LogP contribution in [0.15, 0.2) is 24.5 Å². The average molecular weight is 137 g/mol. The van der Waals surface area contributed by atoms with Crippen molar-refractivity contribution >= 4 is 0 Å². The summed E-state index contributed by atoms with van der Waals surface area (Å²) in [6.45, 7) is 2.18. The van der Waals surface area contributed by atoms with Gasteiger partial charge >= 0.3 is 0 Å². The first kappa shape index (κ1) is 7.22. The lowest BCUT2D eigenvalue weighted by atomic mass is 10.0. The van der Waals surface area contributed by atoms with Gasteiger partial charge in [-0.1, -0.05) is 6.92 Å². The van der Waals surface area contributed by atoms with Gasteiger partial charge in [-0.3, -0.25) is 4.98 Å². The first-order chi connectivity index (χ1) is 4.84. The minimum Gasteiger partial charge on any atom is -0.396 e. The van der Waals surface area contributed by atoms with Crippen molar-refractivity contribution in [3.63, 3.8) is 0 Å². The predicted octanol–water partition coefficient (Wildman–Crippen LogP) is 1.18. The van der Waals surface area contributed by atoms with Crippen LogP contribution >= 0.6 is 0 Å². The van der Waals surface area contributed by atoms with Crippen LogP contribution in [0.5, 0.6) is 0 Å². The van der Waals surface area contributed by atoms with Gasteiger partial charge in [-0.15, -0.1) is 0 Å². The zero-order chi connectivity index (χ0) is 7.40. The van der Waals surface area contributed by atoms with E-state index in [0.717, 1.165) is 5.56 Å². The first-order valence-corrected chi connectivity index (χ1v) is 3.35. The Hall–Kier alpha value is -0.890. The van der Waals surface area contributed by atoms with E-state index in [1.165, 1.54) is 0 Å². The number of nitrogens with zero attached hydrogens (tertiary/aromatic N) is 1. The number of rotatable bonds is 2. The Morgan fingerprint density at radius 2 is 2.10 bits per heavy atom. The molecule has 1 aromatic rings. The highest BCUT2D eigenvalue weighted by atomic mass is 16.3. The maximum atomic E-state index is 8.77. The molecule has 0 aliphatic heterocycles. The number of hydrogen-bond acceptors (Lipinski definition) is 2. The average Bonchev–Trinajstić information content (AvgIpc) is 2.05. The van der Waals surface area contributed by atoms with Crippen molar-refractivity contribution in [2.45, 2.75) is 12.8 Å². The highest BCUT2D eigenvalue weighted by Gasteiger charge is 2.00. The van der Waals surface area contributed by atoms with Crippen molar-refractivity contribution in [2.75, 3.05) is 6.61 Å². The monoisotopic (exact) mass is 137 g/mol. The third kappa shape index (κ3) is 1.54. The van der Waals surface area contributed by atoms with Gasteiger partial charge in [-0.05, 0) is 17.7 Å². The molecule has 1 atom stereocenters. The van der Waals surface area contributed by atoms with E-state index in [1.807, 2.05) is 19.1 Å². The minimum absolute atomic E-state index is 0.198. The topological polar surface area (TPSA) is 33.1 Å². The van der Waals surface area contributed by atoms with E-state index in [0.29, 0.717) is 0 Å². The molecule has 1 aromatic heterocycles. The smallest absolute Gasteiger partial charge is 0.0497 e. The zero-order valence-corrected chi connectivity index (χ0v) is 5.99. The molecule has 0 saturated heterocycles. The van der Waals surface area contributed by atoms with Crippen molar-refractivity contribution in [3.8, 4) is 0 Å². The molecule has 0 spiro atoms. The van der Waals surface area contributed by atoms with E-state index in [-0.39, 0.29) is 12.5 Å². The largest absolute Gasteiger partial charge is 0.396 e. The molecule has 2 nitrogen and oxygen atoms in total. The summed E-state index contributed by atoms with van der Waals surface area (Å²) in [6, 6.07) is 3.84. The molecular weight excluding hydrogens is 126 g/mol. The molecule has 0 saturated carbocycles. The lowest BCUT2D eigenvalue weighted by Gasteiger charge is -2.05. The van der Waals surface area contributed by atoms with Gasteiger partial charge in [-0.25, -0.2) is 0 Å². The van der Waals surface area contributed by atoms with Gasteiger partial charge in [0.1, 0.15) is 0 Å². The summed E-state index contributed by atoms with van der Waals surface area (Å²) in [6.07, 6.45) is 3.48. The summed E-state index contributed by atoms with van der Waals surface area (Å²) in [5.41, 5.74) is 1.14. The summed E-state index contributed by atoms with van der Waals surface area (Å²) >= 11 is 0. The van der Waals surface area contributed by atoms with Gasteiger partial charge in [0.15, 0.2) is 0 Å². The van der Waals surface area contributed by atoms with Crippen LogP contribution in [0.25, 0.3) is 0 Å². The molecule has 1 rings (SSSR count). The molecule has 0 fully saturated rings. The highest BCUT2D eigenvalue weighted by molar-refractivity contribution is 5.14. The number of aliphatic hydroxyl groups is 1. The van der Waals surface area contributed by atoms with Crippen LogP contribution in [0, 0.1) is 0 Å². The third-order valence-electron chi connectivity index (χ3n) is 1.55. The molecule has 0 unspecified atom stereocenters. The Labute approximate surface area is 60.5 Å². The Morgan fingerprint density at radius 1 is 1.50 bits per heavy atom. The lowest BCUT2D eigenvalue weighted by molar-refractivity contribution is 0.273. The molecule has 0 amide bonds. The normalized spacial score (nSPS) is 13.0. The number of pyridine rings is 1. The van der Waals surface area contributed by atoms with Crippen LogP contribution < -0.4 is 0 Å². The molecule has 54 valence electrons. The predicted molar refractivity (Wildman–Crippen MR) is 39.7 cm³/mol. The van der Waals surface area contributed by atoms with E-state index in [4.69, 9.17) is 5.11 Å². The second kappa shape index (κ2) is 3.32. The van der Waals surface area contributed by atoms with E-state index in [1.54, 1.807) is 12.4 Å². The van der Waals surface area contributed by atoms with E-state index in [2.05, 4.69) is 4.98 Å². The van der Waals surface area contributed by atoms with Gasteiger partial charge in [0, 0.05) is 24.9 Å². The van der Waals surface area contributed by atoms with Crippen molar-refractivity contribution in [1.29, 1.82) is 0 Å². The molecular formula is C8H11NO. The maximum absolute atomic E-state index is 8.77. The molecule has 10 heavy (non-hydrogen) atoms. The van der Waals surface area contributed by atoms with Crippen molar-refractivity contribution in [3.05, 3.63) is 30.1 Å². The van der Waals surface area contributed by atoms with Crippen molar-refractivity contribution in [2.24, 2.45) is 0 Å². The summed E-state index contributed by atoms with van der Waals surface area (Å²) in [7, 11) is 0. The molecule has 0 aromatic carbocycles. The van der Waals surface area contributed by atoms with Gasteiger partial charge in [0.25, 0.3) is 0 Å². The molecule has 0 radical (unpaired) electrons. The number of hydrogen-bond donors (Lipinski definition) is 1. The quantitative estimate of drug-likeness (QED) is 0.664. The standard InChI is InChI=1S/C8H11NO/c1-7(6-10)8-2-4-9-5-3-8/h2-5,7,10H,6H2,1H3/t7-/m1/s1. The fourth-order valence-corrected chi connectivity index (χ4v) is 0.797. The van der Waals surface area contributed by atoms with Gasteiger partial charge < -0.3 is 5.11 Å². The third-order valence-corrected chi connectivity index (χ3v) is 1.55. The summed E-state index contributed by atoms with van der Waals surface area (Å²) < 4.78 is 0. The fraction of sp³-hybridized carbons (Fsp3) is 0.375. The maximum Gasteiger partial charge on any atom is 0.0497 e. The fourth-order valence-electron chi connectivity index (χ4n) is 0.797. The van der Waals surface area contributed by atoms with E-state index < -0.39 is 0 Å². The van der Waals surface area contributed by atoms with E-state index >= 15 is 0 Å². The van der Waals surface area contributed by atoms with Crippen LogP contribution in [-0.2, 0) is 0 Å². The Kier molecular flexibility index (Phi) is 2.40. The molecule has 0 bridgehead atoms. The second-order valence-corrected chi connectivity index (χ2v) is 2.36. The lowest BCUT2D eigenvalue weighted by Crippen LogP contribution is -1.97. The van der Waals surface area contributed by atoms with Crippen LogP contribution in [0.2, 0.25) is 0 Å². The van der Waals surface area contributed by atoms with Gasteiger partial charge in [-0.2, -0.15) is 0 Å². The minimum atomic E-state index is 0.198. The van der Waals surface area contributed by atoms with Crippen LogP contribution in [0.4, 0.5) is 0 Å². The molecule has 1 heterocycles. The Morgan fingerprint density at radius 3 is 2.60 bits per heavy atom. The Balaban J connectivity index is 2.75. The SMILES string of the molecule is C[C@H](CO)c1ccncc1. The van der Waals surface area contributed by atoms with Crippen LogP contribution in [0.1, 0.15) is 18.4 Å². The highest BCUT2D eigenvalue weighted by Crippen LogP contribution is 2.11. The van der Waals surface area contributed by atoms with Crippen molar-refractivity contribution < 1.29 is 5.11 Å². The number of aromatic nitrogens is 1. The number of aliphatic hydroxyl groups excluding tert-OH is 1. The van der Waals surface area contributed by atoms with Gasteiger partial charge in [0.05, 0.1) is 0 Å². The molecule has 1 N–H and O–H groups in total. The summed E-state index contributed by atoms with van der Waals surface area (Å²) in [4.78, 5) is 3.88. The zero-order valence-electron chi connectivity index (χ0n) is 5.99. The summed E-state index contributed by atoms with van der Waals surface area (Å²) in [5, 5.41) is 8.77. The second-order valence-electron chi connectivity index (χ2n) is 2.36. The summed E-state index contributed by atoms with van der Waals surface area (Å²) in [5.74, 6) is 0.225. The van der Waals surface area contributed by atoms with Gasteiger partial charge in [0.2, 0.25) is 0 Å². The molecule has 0 aliphatic carbocycles. The van der Waals surface area contributed by atoms with Crippen LogP contribution in [0.3, 0.4) is 0 Å². The molecule has 0 aliphatic rings. The van der Waals surface area contributed by atoms with E-state index in [9.17, 15) is 0 Å². The van der Waals surface area contributed by atoms with Crippen molar-refractivity contribution in [1.82, 2.24) is 4.98 Å². The van der Waals surface area contributed by atoms with Crippen LogP contribution in [-0.4, -0.2) is 16.7 Å². The molecule has 2 heteroatoms. The Bertz CT molecular complexity index is 186. The first-order valence-electron chi connectivity index (χ1n) is 3.35.